The van der Waals surface area contributed by atoms with Gasteiger partial charge in [-0.3, -0.25) is 0 Å². The maximum Gasteiger partial charge on any atom is 0.240 e. The van der Waals surface area contributed by atoms with E-state index >= 15 is 0 Å². The summed E-state index contributed by atoms with van der Waals surface area (Å²) in [5, 5.41) is 0. The monoisotopic (exact) mass is 235 g/mol. The van der Waals surface area contributed by atoms with Crippen molar-refractivity contribution in [3.63, 3.8) is 0 Å². The van der Waals surface area contributed by atoms with E-state index in [1.165, 1.54) is 0 Å². The van der Waals surface area contributed by atoms with Crippen molar-refractivity contribution >= 4 is 12.4 Å². The van der Waals surface area contributed by atoms with Crippen LogP contribution in [0.25, 0.3) is 0 Å². The molecule has 0 heterocycles. The predicted octanol–water partition coefficient (Wildman–Crippen LogP) is 3.38. The molecule has 0 aliphatic carbocycles. The van der Waals surface area contributed by atoms with Crippen molar-refractivity contribution in [3.05, 3.63) is 34.9 Å². The summed E-state index contributed by atoms with van der Waals surface area (Å²) in [4.78, 5) is 0. The van der Waals surface area contributed by atoms with Crippen LogP contribution < -0.4 is 5.73 Å². The van der Waals surface area contributed by atoms with Crippen molar-refractivity contribution in [2.45, 2.75) is 32.7 Å². The van der Waals surface area contributed by atoms with Crippen LogP contribution >= 0.6 is 12.4 Å². The van der Waals surface area contributed by atoms with E-state index in [0.29, 0.717) is 0 Å². The molecule has 0 aliphatic heterocycles. The molecule has 0 fully saturated rings. The van der Waals surface area contributed by atoms with E-state index in [4.69, 9.17) is 5.73 Å². The number of rotatable bonds is 3. The van der Waals surface area contributed by atoms with Crippen LogP contribution in [-0.4, -0.2) is 6.43 Å². The number of nitrogens with two attached hydrogens (primary N) is 1. The molecule has 0 aliphatic rings. The molecule has 1 atom stereocenters. The molecule has 4 heteroatoms. The molecule has 1 aromatic carbocycles. The van der Waals surface area contributed by atoms with Gasteiger partial charge in [-0.05, 0) is 30.5 Å². The predicted molar refractivity (Wildman–Crippen MR) is 60.7 cm³/mol. The molecular formula is C11H16ClF2N. The summed E-state index contributed by atoms with van der Waals surface area (Å²) in [5.74, 6) is 0. The molecule has 0 unspecified atom stereocenters. The summed E-state index contributed by atoms with van der Waals surface area (Å²) in [6.07, 6.45) is -2.62. The van der Waals surface area contributed by atoms with Gasteiger partial charge in [-0.1, -0.05) is 18.2 Å². The summed E-state index contributed by atoms with van der Waals surface area (Å²) < 4.78 is 24.2. The lowest BCUT2D eigenvalue weighted by Gasteiger charge is -2.15. The highest BCUT2D eigenvalue weighted by Gasteiger charge is 2.14. The van der Waals surface area contributed by atoms with Gasteiger partial charge in [-0.15, -0.1) is 12.4 Å². The zero-order valence-corrected chi connectivity index (χ0v) is 9.65. The lowest BCUT2D eigenvalue weighted by molar-refractivity contribution is 0.128. The highest BCUT2D eigenvalue weighted by molar-refractivity contribution is 5.85. The Hall–Kier alpha value is -0.670. The van der Waals surface area contributed by atoms with E-state index in [9.17, 15) is 8.78 Å². The van der Waals surface area contributed by atoms with Crippen molar-refractivity contribution in [2.75, 3.05) is 0 Å². The van der Waals surface area contributed by atoms with Gasteiger partial charge in [0.2, 0.25) is 6.43 Å². The van der Waals surface area contributed by atoms with Crippen molar-refractivity contribution in [1.29, 1.82) is 0 Å². The Morgan fingerprint density at radius 3 is 2.40 bits per heavy atom. The minimum absolute atomic E-state index is 0. The second-order valence-electron chi connectivity index (χ2n) is 3.52. The van der Waals surface area contributed by atoms with Crippen molar-refractivity contribution < 1.29 is 8.78 Å². The highest BCUT2D eigenvalue weighted by Crippen LogP contribution is 2.23. The molecule has 0 bridgehead atoms. The van der Waals surface area contributed by atoms with Crippen LogP contribution in [0.2, 0.25) is 0 Å². The number of aryl methyl sites for hydroxylation is 1. The third kappa shape index (κ3) is 3.76. The third-order valence-corrected chi connectivity index (χ3v) is 2.48. The first kappa shape index (κ1) is 14.3. The molecule has 1 rings (SSSR count). The SMILES string of the molecule is Cc1cccc([C@H](N)CC(F)F)c1C.Cl. The topological polar surface area (TPSA) is 26.0 Å². The Kier molecular flexibility index (Phi) is 5.76. The molecule has 86 valence electrons. The van der Waals surface area contributed by atoms with Crippen LogP contribution in [0.15, 0.2) is 18.2 Å². The summed E-state index contributed by atoms with van der Waals surface area (Å²) >= 11 is 0. The van der Waals surface area contributed by atoms with E-state index in [2.05, 4.69) is 0 Å². The van der Waals surface area contributed by atoms with Gasteiger partial charge < -0.3 is 5.73 Å². The Bertz CT molecular complexity index is 315. The van der Waals surface area contributed by atoms with Gasteiger partial charge in [0.05, 0.1) is 0 Å². The Morgan fingerprint density at radius 1 is 1.27 bits per heavy atom. The number of halogens is 3. The molecule has 0 aromatic heterocycles. The van der Waals surface area contributed by atoms with Crippen LogP contribution in [0.3, 0.4) is 0 Å². The van der Waals surface area contributed by atoms with Crippen molar-refractivity contribution in [2.24, 2.45) is 5.73 Å². The van der Waals surface area contributed by atoms with Crippen LogP contribution in [0.1, 0.15) is 29.2 Å². The largest absolute Gasteiger partial charge is 0.324 e. The number of benzene rings is 1. The van der Waals surface area contributed by atoms with Crippen LogP contribution in [0.5, 0.6) is 0 Å². The quantitative estimate of drug-likeness (QED) is 0.854. The van der Waals surface area contributed by atoms with E-state index in [1.807, 2.05) is 32.0 Å². The average molecular weight is 236 g/mol. The average Bonchev–Trinajstić information content (AvgIpc) is 2.08. The highest BCUT2D eigenvalue weighted by atomic mass is 35.5. The van der Waals surface area contributed by atoms with Gasteiger partial charge in [-0.2, -0.15) is 0 Å². The first-order chi connectivity index (χ1) is 6.52. The molecule has 2 N–H and O–H groups in total. The summed E-state index contributed by atoms with van der Waals surface area (Å²) in [5.41, 5.74) is 8.61. The maximum absolute atomic E-state index is 12.1. The molecule has 1 nitrogen and oxygen atoms in total. The van der Waals surface area contributed by atoms with Gasteiger partial charge in [0.25, 0.3) is 0 Å². The Labute approximate surface area is 95.1 Å². The smallest absolute Gasteiger partial charge is 0.240 e. The van der Waals surface area contributed by atoms with E-state index < -0.39 is 12.5 Å². The minimum atomic E-state index is -2.34. The minimum Gasteiger partial charge on any atom is -0.324 e. The molecule has 0 amide bonds. The van der Waals surface area contributed by atoms with Gasteiger partial charge in [-0.25, -0.2) is 8.78 Å². The summed E-state index contributed by atoms with van der Waals surface area (Å²) in [6, 6.07) is 5.06. The van der Waals surface area contributed by atoms with Crippen molar-refractivity contribution in [1.82, 2.24) is 0 Å². The Balaban J connectivity index is 0.00000196. The Morgan fingerprint density at radius 2 is 1.87 bits per heavy atom. The fraction of sp³-hybridized carbons (Fsp3) is 0.455. The van der Waals surface area contributed by atoms with E-state index in [1.54, 1.807) is 0 Å². The normalized spacial score (nSPS) is 12.4. The number of hydrogen-bond acceptors (Lipinski definition) is 1. The standard InChI is InChI=1S/C11H15F2N.ClH/c1-7-4-3-5-9(8(7)2)10(14)6-11(12)13;/h3-5,10-11H,6,14H2,1-2H3;1H/t10-;/m1./s1. The molecule has 1 aromatic rings. The zero-order chi connectivity index (χ0) is 10.7. The fourth-order valence-electron chi connectivity index (χ4n) is 1.49. The zero-order valence-electron chi connectivity index (χ0n) is 8.84. The first-order valence-corrected chi connectivity index (χ1v) is 4.62. The van der Waals surface area contributed by atoms with E-state index in [-0.39, 0.29) is 18.8 Å². The van der Waals surface area contributed by atoms with Crippen LogP contribution in [-0.2, 0) is 0 Å². The molecule has 15 heavy (non-hydrogen) atoms. The second-order valence-corrected chi connectivity index (χ2v) is 3.52. The molecule has 0 spiro atoms. The van der Waals surface area contributed by atoms with Gasteiger partial charge in [0, 0.05) is 12.5 Å². The van der Waals surface area contributed by atoms with Crippen molar-refractivity contribution in [3.8, 4) is 0 Å². The third-order valence-electron chi connectivity index (χ3n) is 2.48. The molecule has 0 radical (unpaired) electrons. The molecular weight excluding hydrogens is 220 g/mol. The van der Waals surface area contributed by atoms with Gasteiger partial charge in [0.15, 0.2) is 0 Å². The maximum atomic E-state index is 12.1. The lowest BCUT2D eigenvalue weighted by Crippen LogP contribution is -2.15. The summed E-state index contributed by atoms with van der Waals surface area (Å²) in [7, 11) is 0. The van der Waals surface area contributed by atoms with E-state index in [0.717, 1.165) is 16.7 Å². The molecule has 0 saturated heterocycles. The van der Waals surface area contributed by atoms with Gasteiger partial charge >= 0.3 is 0 Å². The molecule has 0 saturated carbocycles. The number of alkyl halides is 2. The van der Waals surface area contributed by atoms with Crippen LogP contribution in [0, 0.1) is 13.8 Å². The fourth-order valence-corrected chi connectivity index (χ4v) is 1.49. The summed E-state index contributed by atoms with van der Waals surface area (Å²) in [6.45, 7) is 3.87. The van der Waals surface area contributed by atoms with Gasteiger partial charge in [0.1, 0.15) is 0 Å². The van der Waals surface area contributed by atoms with Crippen LogP contribution in [0.4, 0.5) is 8.78 Å². The first-order valence-electron chi connectivity index (χ1n) is 4.62. The second kappa shape index (κ2) is 6.03. The lowest BCUT2D eigenvalue weighted by atomic mass is 9.96. The number of hydrogen-bond donors (Lipinski definition) is 1.